The molecule has 1 atom stereocenters. The van der Waals surface area contributed by atoms with Gasteiger partial charge in [-0.05, 0) is 58.3 Å². The first-order chi connectivity index (χ1) is 19.5. The number of ether oxygens (including phenoxy) is 1. The van der Waals surface area contributed by atoms with Crippen molar-refractivity contribution in [2.24, 2.45) is 0 Å². The smallest absolute Gasteiger partial charge is 0.247 e. The Morgan fingerprint density at radius 3 is 2.44 bits per heavy atom. The normalized spacial score (nSPS) is 11.6. The summed E-state index contributed by atoms with van der Waals surface area (Å²) in [6, 6.07) is 12.0. The van der Waals surface area contributed by atoms with E-state index in [4.69, 9.17) is 4.74 Å². The van der Waals surface area contributed by atoms with Gasteiger partial charge in [-0.25, -0.2) is 4.98 Å². The maximum atomic E-state index is 12.2. The standard InChI is InChI=1S/C28H38N8O4S/c1-8-27(37)31-21-17-22(25(40-7)18-24(21)35(6)16-15-34(4)5)32-28-29-14-13-26(33-28)30-20-11-9-10-12-23(20)36(19(2)3)41(38)39/h8-14,17-19H,1,15-16H2,2-7H3,(H,31,37)(H,38,39)(H2,29,30,32,33)/p-1. The molecule has 1 amide bonds. The lowest BCUT2D eigenvalue weighted by Gasteiger charge is -2.31. The lowest BCUT2D eigenvalue weighted by atomic mass is 10.2. The summed E-state index contributed by atoms with van der Waals surface area (Å²) in [5.41, 5.74) is 2.90. The van der Waals surface area contributed by atoms with Crippen LogP contribution in [0.3, 0.4) is 0 Å². The van der Waals surface area contributed by atoms with Crippen LogP contribution in [0.25, 0.3) is 0 Å². The fraction of sp³-hybridized carbons (Fsp3) is 0.321. The number of para-hydroxylation sites is 2. The van der Waals surface area contributed by atoms with Gasteiger partial charge in [0.05, 0.1) is 35.5 Å². The van der Waals surface area contributed by atoms with Crippen molar-refractivity contribution in [3.63, 3.8) is 0 Å². The van der Waals surface area contributed by atoms with E-state index in [0.29, 0.717) is 40.9 Å². The molecule has 1 aromatic heterocycles. The van der Waals surface area contributed by atoms with Crippen molar-refractivity contribution >= 4 is 57.4 Å². The maximum absolute atomic E-state index is 12.2. The Morgan fingerprint density at radius 1 is 1.07 bits per heavy atom. The summed E-state index contributed by atoms with van der Waals surface area (Å²) in [5.74, 6) is 0.869. The molecule has 3 rings (SSSR count). The lowest BCUT2D eigenvalue weighted by Crippen LogP contribution is -2.32. The van der Waals surface area contributed by atoms with E-state index in [0.717, 1.165) is 12.2 Å². The molecule has 12 nitrogen and oxygen atoms in total. The summed E-state index contributed by atoms with van der Waals surface area (Å²) in [5, 5.41) is 9.23. The van der Waals surface area contributed by atoms with Crippen molar-refractivity contribution in [2.45, 2.75) is 19.9 Å². The Morgan fingerprint density at radius 2 is 1.80 bits per heavy atom. The van der Waals surface area contributed by atoms with Crippen LogP contribution < -0.4 is 29.9 Å². The van der Waals surface area contributed by atoms with Crippen LogP contribution in [0.1, 0.15) is 13.8 Å². The van der Waals surface area contributed by atoms with Crippen LogP contribution in [0.2, 0.25) is 0 Å². The number of hydrogen-bond donors (Lipinski definition) is 3. The Labute approximate surface area is 243 Å². The third-order valence-electron chi connectivity index (χ3n) is 5.99. The highest BCUT2D eigenvalue weighted by atomic mass is 32.2. The Bertz CT molecular complexity index is 1380. The average molecular weight is 582 g/mol. The van der Waals surface area contributed by atoms with Crippen molar-refractivity contribution in [3.05, 3.63) is 61.3 Å². The highest BCUT2D eigenvalue weighted by Gasteiger charge is 2.18. The van der Waals surface area contributed by atoms with Crippen molar-refractivity contribution in [3.8, 4) is 5.75 Å². The summed E-state index contributed by atoms with van der Waals surface area (Å²) in [7, 11) is 7.49. The van der Waals surface area contributed by atoms with Crippen LogP contribution in [0.5, 0.6) is 5.75 Å². The number of amides is 1. The second-order valence-corrected chi connectivity index (χ2v) is 10.5. The molecule has 0 radical (unpaired) electrons. The van der Waals surface area contributed by atoms with Gasteiger partial charge < -0.3 is 35.0 Å². The molecule has 0 aliphatic rings. The summed E-state index contributed by atoms with van der Waals surface area (Å²) in [4.78, 5) is 25.2. The van der Waals surface area contributed by atoms with Gasteiger partial charge in [0.1, 0.15) is 11.6 Å². The number of nitrogens with one attached hydrogen (secondary N) is 3. The molecule has 0 saturated carbocycles. The van der Waals surface area contributed by atoms with Gasteiger partial charge in [0, 0.05) is 49.7 Å². The number of likely N-dealkylation sites (N-methyl/N-ethyl adjacent to an activating group) is 2. The summed E-state index contributed by atoms with van der Waals surface area (Å²) in [6.45, 7) is 8.67. The maximum Gasteiger partial charge on any atom is 0.247 e. The van der Waals surface area contributed by atoms with Gasteiger partial charge in [0.25, 0.3) is 0 Å². The molecular weight excluding hydrogens is 544 g/mol. The average Bonchev–Trinajstić information content (AvgIpc) is 2.92. The van der Waals surface area contributed by atoms with Crippen molar-refractivity contribution in [1.29, 1.82) is 0 Å². The third-order valence-corrected chi connectivity index (χ3v) is 6.93. The molecule has 0 bridgehead atoms. The predicted molar refractivity (Wildman–Crippen MR) is 165 cm³/mol. The summed E-state index contributed by atoms with van der Waals surface area (Å²) >= 11 is -2.46. The number of carbonyl (C=O) groups is 1. The van der Waals surface area contributed by atoms with E-state index < -0.39 is 11.3 Å². The van der Waals surface area contributed by atoms with Gasteiger partial charge in [-0.1, -0.05) is 18.7 Å². The molecule has 0 aliphatic carbocycles. The third kappa shape index (κ3) is 8.39. The van der Waals surface area contributed by atoms with E-state index in [1.165, 1.54) is 10.4 Å². The van der Waals surface area contributed by atoms with Crippen molar-refractivity contribution < 1.29 is 18.3 Å². The number of hydrogen-bond acceptors (Lipinski definition) is 10. The minimum absolute atomic E-state index is 0.258. The first-order valence-electron chi connectivity index (χ1n) is 12.9. The summed E-state index contributed by atoms with van der Waals surface area (Å²) < 4.78 is 30.8. The molecule has 0 spiro atoms. The molecular formula is C28H37N8O4S-. The van der Waals surface area contributed by atoms with Crippen LogP contribution >= 0.6 is 0 Å². The molecule has 3 aromatic rings. The number of rotatable bonds is 14. The number of nitrogens with zero attached hydrogens (tertiary/aromatic N) is 5. The highest BCUT2D eigenvalue weighted by Crippen LogP contribution is 2.38. The largest absolute Gasteiger partial charge is 0.755 e. The van der Waals surface area contributed by atoms with Crippen LogP contribution in [-0.4, -0.2) is 76.9 Å². The Kier molecular flexibility index (Phi) is 11.0. The molecule has 0 aliphatic heterocycles. The van der Waals surface area contributed by atoms with Crippen LogP contribution in [0, 0.1) is 0 Å². The zero-order chi connectivity index (χ0) is 30.1. The molecule has 220 valence electrons. The van der Waals surface area contributed by atoms with E-state index >= 15 is 0 Å². The van der Waals surface area contributed by atoms with E-state index in [9.17, 15) is 13.6 Å². The minimum Gasteiger partial charge on any atom is -0.755 e. The predicted octanol–water partition coefficient (Wildman–Crippen LogP) is 4.10. The van der Waals surface area contributed by atoms with E-state index in [1.807, 2.05) is 32.1 Å². The van der Waals surface area contributed by atoms with Gasteiger partial charge in [-0.15, -0.1) is 0 Å². The minimum atomic E-state index is -2.46. The van der Waals surface area contributed by atoms with Crippen molar-refractivity contribution in [2.75, 3.05) is 66.5 Å². The molecule has 41 heavy (non-hydrogen) atoms. The molecule has 13 heteroatoms. The monoisotopic (exact) mass is 581 g/mol. The topological polar surface area (TPSA) is 138 Å². The highest BCUT2D eigenvalue weighted by molar-refractivity contribution is 7.80. The number of methoxy groups -OCH3 is 1. The second-order valence-electron chi connectivity index (χ2n) is 9.66. The van der Waals surface area contributed by atoms with Crippen LogP contribution in [-0.2, 0) is 16.1 Å². The zero-order valence-electron chi connectivity index (χ0n) is 24.2. The molecule has 0 fully saturated rings. The first kappa shape index (κ1) is 31.3. The Balaban J connectivity index is 1.95. The van der Waals surface area contributed by atoms with Gasteiger partial charge >= 0.3 is 0 Å². The van der Waals surface area contributed by atoms with E-state index in [-0.39, 0.29) is 17.9 Å². The lowest BCUT2D eigenvalue weighted by molar-refractivity contribution is -0.111. The van der Waals surface area contributed by atoms with Crippen LogP contribution in [0.15, 0.2) is 61.3 Å². The summed E-state index contributed by atoms with van der Waals surface area (Å²) in [6.07, 6.45) is 2.78. The van der Waals surface area contributed by atoms with E-state index in [1.54, 1.807) is 63.6 Å². The SMILES string of the molecule is C=CC(=O)Nc1cc(Nc2nccc(Nc3ccccc3N(C(C)C)S(=O)[O-])n2)c(OC)cc1N(C)CCN(C)C. The van der Waals surface area contributed by atoms with Crippen LogP contribution in [0.4, 0.5) is 40.2 Å². The molecule has 2 aromatic carbocycles. The number of aromatic nitrogens is 2. The number of anilines is 7. The fourth-order valence-corrected chi connectivity index (χ4v) is 4.62. The number of carbonyl (C=O) groups excluding carboxylic acids is 1. The van der Waals surface area contributed by atoms with E-state index in [2.05, 4.69) is 37.4 Å². The second kappa shape index (κ2) is 14.4. The van der Waals surface area contributed by atoms with Crippen molar-refractivity contribution in [1.82, 2.24) is 14.9 Å². The van der Waals surface area contributed by atoms with Gasteiger partial charge in [0.15, 0.2) is 0 Å². The van der Waals surface area contributed by atoms with Gasteiger partial charge in [-0.2, -0.15) is 4.98 Å². The fourth-order valence-electron chi connectivity index (χ4n) is 3.95. The zero-order valence-corrected chi connectivity index (χ0v) is 25.0. The quantitative estimate of drug-likeness (QED) is 0.188. The molecule has 3 N–H and O–H groups in total. The van der Waals surface area contributed by atoms with Gasteiger partial charge in [0.2, 0.25) is 11.9 Å². The van der Waals surface area contributed by atoms with Gasteiger partial charge in [-0.3, -0.25) is 13.3 Å². The number of benzene rings is 2. The Hall–Kier alpha value is -4.20. The molecule has 0 saturated heterocycles. The molecule has 1 heterocycles. The first-order valence-corrected chi connectivity index (χ1v) is 13.9. The molecule has 1 unspecified atom stereocenters.